The molecule has 0 heterocycles. The standard InChI is InChI=1S/C13H7ClF2O/c14-12-6-11(13(16)5-9(12)7-17)8-2-1-3-10(15)4-8/h1-7H. The maximum atomic E-state index is 13.7. The summed E-state index contributed by atoms with van der Waals surface area (Å²) in [5.41, 5.74) is 0.617. The molecular weight excluding hydrogens is 246 g/mol. The van der Waals surface area contributed by atoms with E-state index in [-0.39, 0.29) is 16.1 Å². The summed E-state index contributed by atoms with van der Waals surface area (Å²) < 4.78 is 26.7. The Morgan fingerprint density at radius 3 is 2.53 bits per heavy atom. The first-order chi connectivity index (χ1) is 8.11. The smallest absolute Gasteiger partial charge is 0.151 e. The lowest BCUT2D eigenvalue weighted by Gasteiger charge is -2.06. The minimum atomic E-state index is -0.609. The van der Waals surface area contributed by atoms with Crippen molar-refractivity contribution >= 4 is 17.9 Å². The zero-order valence-corrected chi connectivity index (χ0v) is 9.34. The molecule has 2 aromatic rings. The highest BCUT2D eigenvalue weighted by Gasteiger charge is 2.10. The number of hydrogen-bond acceptors (Lipinski definition) is 1. The van der Waals surface area contributed by atoms with Gasteiger partial charge in [0.25, 0.3) is 0 Å². The Hall–Kier alpha value is -1.74. The van der Waals surface area contributed by atoms with Crippen molar-refractivity contribution < 1.29 is 13.6 Å². The van der Waals surface area contributed by atoms with Crippen LogP contribution >= 0.6 is 11.6 Å². The molecule has 0 radical (unpaired) electrons. The molecule has 0 N–H and O–H groups in total. The van der Waals surface area contributed by atoms with Crippen LogP contribution < -0.4 is 0 Å². The summed E-state index contributed by atoms with van der Waals surface area (Å²) in [5.74, 6) is -1.07. The summed E-state index contributed by atoms with van der Waals surface area (Å²) in [7, 11) is 0. The Morgan fingerprint density at radius 2 is 1.88 bits per heavy atom. The van der Waals surface area contributed by atoms with Gasteiger partial charge < -0.3 is 0 Å². The summed E-state index contributed by atoms with van der Waals surface area (Å²) in [6, 6.07) is 7.87. The van der Waals surface area contributed by atoms with Gasteiger partial charge >= 0.3 is 0 Å². The van der Waals surface area contributed by atoms with E-state index in [1.165, 1.54) is 24.3 Å². The highest BCUT2D eigenvalue weighted by Crippen LogP contribution is 2.28. The van der Waals surface area contributed by atoms with E-state index in [4.69, 9.17) is 11.6 Å². The van der Waals surface area contributed by atoms with Crippen LogP contribution in [0.4, 0.5) is 8.78 Å². The molecule has 86 valence electrons. The molecule has 0 atom stereocenters. The Morgan fingerprint density at radius 1 is 1.12 bits per heavy atom. The summed E-state index contributed by atoms with van der Waals surface area (Å²) in [4.78, 5) is 10.6. The van der Waals surface area contributed by atoms with Crippen molar-refractivity contribution in [2.45, 2.75) is 0 Å². The van der Waals surface area contributed by atoms with Crippen molar-refractivity contribution in [3.8, 4) is 11.1 Å². The fourth-order valence-corrected chi connectivity index (χ4v) is 1.74. The molecule has 2 rings (SSSR count). The van der Waals surface area contributed by atoms with Crippen LogP contribution in [-0.2, 0) is 0 Å². The first kappa shape index (κ1) is 11.7. The molecule has 0 aromatic heterocycles. The molecule has 0 amide bonds. The van der Waals surface area contributed by atoms with Gasteiger partial charge in [-0.3, -0.25) is 4.79 Å². The van der Waals surface area contributed by atoms with Gasteiger partial charge in [-0.25, -0.2) is 8.78 Å². The third-order valence-corrected chi connectivity index (χ3v) is 2.68. The van der Waals surface area contributed by atoms with Crippen LogP contribution in [0, 0.1) is 11.6 Å². The maximum absolute atomic E-state index is 13.7. The number of benzene rings is 2. The van der Waals surface area contributed by atoms with Crippen LogP contribution in [0.2, 0.25) is 5.02 Å². The molecule has 0 saturated heterocycles. The number of carbonyl (C=O) groups is 1. The van der Waals surface area contributed by atoms with Crippen LogP contribution in [0.25, 0.3) is 11.1 Å². The van der Waals surface area contributed by atoms with Gasteiger partial charge in [0.2, 0.25) is 0 Å². The van der Waals surface area contributed by atoms with Gasteiger partial charge in [-0.1, -0.05) is 23.7 Å². The molecule has 0 bridgehead atoms. The first-order valence-corrected chi connectivity index (χ1v) is 5.20. The number of hydrogen-bond donors (Lipinski definition) is 0. The van der Waals surface area contributed by atoms with Crippen molar-refractivity contribution in [1.29, 1.82) is 0 Å². The molecule has 4 heteroatoms. The van der Waals surface area contributed by atoms with Gasteiger partial charge in [0.05, 0.1) is 5.02 Å². The summed E-state index contributed by atoms with van der Waals surface area (Å²) in [5, 5.41) is 0.140. The second kappa shape index (κ2) is 4.63. The van der Waals surface area contributed by atoms with E-state index < -0.39 is 11.6 Å². The normalized spacial score (nSPS) is 10.3. The van der Waals surface area contributed by atoms with Crippen molar-refractivity contribution in [1.82, 2.24) is 0 Å². The summed E-state index contributed by atoms with van der Waals surface area (Å²) >= 11 is 5.80. The van der Waals surface area contributed by atoms with Gasteiger partial charge in [-0.2, -0.15) is 0 Å². The molecule has 0 spiro atoms. The molecule has 0 aliphatic rings. The maximum Gasteiger partial charge on any atom is 0.151 e. The Kier molecular flexibility index (Phi) is 3.20. The summed E-state index contributed by atoms with van der Waals surface area (Å²) in [6.45, 7) is 0. The fraction of sp³-hybridized carbons (Fsp3) is 0. The monoisotopic (exact) mass is 252 g/mol. The second-order valence-electron chi connectivity index (χ2n) is 3.48. The number of rotatable bonds is 2. The van der Waals surface area contributed by atoms with Crippen LogP contribution in [0.15, 0.2) is 36.4 Å². The topological polar surface area (TPSA) is 17.1 Å². The van der Waals surface area contributed by atoms with E-state index >= 15 is 0 Å². The van der Waals surface area contributed by atoms with Crippen LogP contribution in [-0.4, -0.2) is 6.29 Å². The number of aldehydes is 1. The van der Waals surface area contributed by atoms with Crippen molar-refractivity contribution in [3.63, 3.8) is 0 Å². The average Bonchev–Trinajstić information content (AvgIpc) is 2.31. The number of carbonyl (C=O) groups excluding carboxylic acids is 1. The molecule has 17 heavy (non-hydrogen) atoms. The lowest BCUT2D eigenvalue weighted by atomic mass is 10.0. The minimum Gasteiger partial charge on any atom is -0.298 e. The van der Waals surface area contributed by atoms with Gasteiger partial charge in [0, 0.05) is 11.1 Å². The fourth-order valence-electron chi connectivity index (χ4n) is 1.53. The Labute approximate surface area is 102 Å². The highest BCUT2D eigenvalue weighted by molar-refractivity contribution is 6.33. The van der Waals surface area contributed by atoms with Gasteiger partial charge in [0.1, 0.15) is 11.6 Å². The molecule has 0 aliphatic heterocycles. The molecule has 0 unspecified atom stereocenters. The van der Waals surface area contributed by atoms with E-state index in [1.807, 2.05) is 0 Å². The molecule has 0 fully saturated rings. The lowest BCUT2D eigenvalue weighted by molar-refractivity contribution is 0.112. The summed E-state index contributed by atoms with van der Waals surface area (Å²) in [6.07, 6.45) is 0.473. The predicted molar refractivity (Wildman–Crippen MR) is 62.2 cm³/mol. The van der Waals surface area contributed by atoms with Crippen molar-refractivity contribution in [3.05, 3.63) is 58.6 Å². The molecule has 2 aromatic carbocycles. The zero-order chi connectivity index (χ0) is 12.4. The predicted octanol–water partition coefficient (Wildman–Crippen LogP) is 4.10. The van der Waals surface area contributed by atoms with Crippen LogP contribution in [0.3, 0.4) is 0 Å². The minimum absolute atomic E-state index is 0.0734. The van der Waals surface area contributed by atoms with Crippen LogP contribution in [0.1, 0.15) is 10.4 Å². The molecule has 0 aliphatic carbocycles. The third kappa shape index (κ3) is 2.34. The van der Waals surface area contributed by atoms with Crippen molar-refractivity contribution in [2.75, 3.05) is 0 Å². The largest absolute Gasteiger partial charge is 0.298 e. The number of halogens is 3. The van der Waals surface area contributed by atoms with Gasteiger partial charge in [-0.15, -0.1) is 0 Å². The Balaban J connectivity index is 2.60. The van der Waals surface area contributed by atoms with Crippen molar-refractivity contribution in [2.24, 2.45) is 0 Å². The highest BCUT2D eigenvalue weighted by atomic mass is 35.5. The lowest BCUT2D eigenvalue weighted by Crippen LogP contribution is -1.90. The quantitative estimate of drug-likeness (QED) is 0.736. The van der Waals surface area contributed by atoms with Gasteiger partial charge in [0.15, 0.2) is 6.29 Å². The van der Waals surface area contributed by atoms with E-state index in [2.05, 4.69) is 0 Å². The molecule has 1 nitrogen and oxygen atoms in total. The SMILES string of the molecule is O=Cc1cc(F)c(-c2cccc(F)c2)cc1Cl. The first-order valence-electron chi connectivity index (χ1n) is 4.82. The molecule has 0 saturated carbocycles. The van der Waals surface area contributed by atoms with E-state index in [0.717, 1.165) is 6.07 Å². The Bertz CT molecular complexity index is 582. The van der Waals surface area contributed by atoms with Gasteiger partial charge in [-0.05, 0) is 29.8 Å². The van der Waals surface area contributed by atoms with Crippen LogP contribution in [0.5, 0.6) is 0 Å². The zero-order valence-electron chi connectivity index (χ0n) is 8.58. The van der Waals surface area contributed by atoms with E-state index in [1.54, 1.807) is 6.07 Å². The second-order valence-corrected chi connectivity index (χ2v) is 3.89. The van der Waals surface area contributed by atoms with E-state index in [0.29, 0.717) is 11.8 Å². The third-order valence-electron chi connectivity index (χ3n) is 2.35. The molecular formula is C13H7ClF2O. The average molecular weight is 253 g/mol. The van der Waals surface area contributed by atoms with E-state index in [9.17, 15) is 13.6 Å².